The van der Waals surface area contributed by atoms with Crippen LogP contribution < -0.4 is 0 Å². The molecule has 3 aromatic rings. The van der Waals surface area contributed by atoms with Crippen molar-refractivity contribution in [3.8, 4) is 17.5 Å². The Balaban J connectivity index is 2.08. The van der Waals surface area contributed by atoms with E-state index in [0.717, 1.165) is 18.7 Å². The van der Waals surface area contributed by atoms with E-state index in [1.165, 1.54) is 4.68 Å². The second-order valence-corrected chi connectivity index (χ2v) is 4.46. The Kier molecular flexibility index (Phi) is 3.42. The van der Waals surface area contributed by atoms with Gasteiger partial charge in [0.05, 0.1) is 0 Å². The highest BCUT2D eigenvalue weighted by Crippen LogP contribution is 2.17. The van der Waals surface area contributed by atoms with Crippen LogP contribution in [0.15, 0.2) is 30.7 Å². The average molecular weight is 290 g/mol. The molecular weight excluding hydrogens is 278 g/mol. The highest BCUT2D eigenvalue weighted by molar-refractivity contribution is 6.28. The summed E-state index contributed by atoms with van der Waals surface area (Å²) < 4.78 is 3.39. The molecule has 8 heteroatoms. The van der Waals surface area contributed by atoms with E-state index in [0.29, 0.717) is 11.8 Å². The lowest BCUT2D eigenvalue weighted by Crippen LogP contribution is -2.08. The fraction of sp³-hybridized carbons (Fsp3) is 0.250. The minimum Gasteiger partial charge on any atom is -0.262 e. The van der Waals surface area contributed by atoms with Crippen molar-refractivity contribution in [1.82, 2.24) is 34.5 Å². The van der Waals surface area contributed by atoms with Crippen molar-refractivity contribution >= 4 is 11.6 Å². The van der Waals surface area contributed by atoms with Crippen molar-refractivity contribution in [2.45, 2.75) is 19.9 Å². The molecule has 0 N–H and O–H groups in total. The molecule has 0 aliphatic heterocycles. The second kappa shape index (κ2) is 5.38. The first kappa shape index (κ1) is 12.7. The van der Waals surface area contributed by atoms with E-state index in [1.54, 1.807) is 24.7 Å². The summed E-state index contributed by atoms with van der Waals surface area (Å²) >= 11 is 5.98. The fourth-order valence-electron chi connectivity index (χ4n) is 1.86. The van der Waals surface area contributed by atoms with Gasteiger partial charge < -0.3 is 0 Å². The van der Waals surface area contributed by atoms with Gasteiger partial charge in [-0.2, -0.15) is 25.1 Å². The molecule has 0 amide bonds. The smallest absolute Gasteiger partial charge is 0.255 e. The molecule has 3 heterocycles. The number of halogens is 1. The number of aryl methyl sites for hydroxylation is 1. The molecule has 0 unspecified atom stereocenters. The van der Waals surface area contributed by atoms with Gasteiger partial charge in [0.15, 0.2) is 5.82 Å². The summed E-state index contributed by atoms with van der Waals surface area (Å²) in [5.41, 5.74) is 0.810. The van der Waals surface area contributed by atoms with Crippen LogP contribution in [0.1, 0.15) is 13.3 Å². The minimum atomic E-state index is 0.129. The summed E-state index contributed by atoms with van der Waals surface area (Å²) in [5.74, 6) is 0.871. The molecule has 0 atom stereocenters. The van der Waals surface area contributed by atoms with Crippen LogP contribution in [0.2, 0.25) is 5.28 Å². The van der Waals surface area contributed by atoms with E-state index in [2.05, 4.69) is 32.1 Å². The van der Waals surface area contributed by atoms with E-state index in [-0.39, 0.29) is 5.28 Å². The standard InChI is InChI=1S/C12H12ClN7/c1-2-7-19-9(4-6-15-19)10-16-11(13)18-12(17-10)20-8-3-5-14-20/h3-6,8H,2,7H2,1H3. The molecule has 102 valence electrons. The van der Waals surface area contributed by atoms with Crippen molar-refractivity contribution < 1.29 is 0 Å². The molecule has 0 spiro atoms. The molecule has 0 fully saturated rings. The molecule has 3 rings (SSSR count). The van der Waals surface area contributed by atoms with Gasteiger partial charge in [-0.15, -0.1) is 0 Å². The molecule has 0 aromatic carbocycles. The number of nitrogens with zero attached hydrogens (tertiary/aromatic N) is 7. The van der Waals surface area contributed by atoms with Gasteiger partial charge in [-0.25, -0.2) is 4.68 Å². The van der Waals surface area contributed by atoms with Gasteiger partial charge >= 0.3 is 0 Å². The highest BCUT2D eigenvalue weighted by Gasteiger charge is 2.12. The van der Waals surface area contributed by atoms with E-state index in [4.69, 9.17) is 11.6 Å². The summed E-state index contributed by atoms with van der Waals surface area (Å²) in [6, 6.07) is 3.65. The van der Waals surface area contributed by atoms with Gasteiger partial charge in [0.2, 0.25) is 5.28 Å². The average Bonchev–Trinajstić information content (AvgIpc) is 3.09. The van der Waals surface area contributed by atoms with Crippen molar-refractivity contribution in [2.75, 3.05) is 0 Å². The van der Waals surface area contributed by atoms with Crippen LogP contribution in [0.3, 0.4) is 0 Å². The Hall–Kier alpha value is -2.28. The van der Waals surface area contributed by atoms with Crippen LogP contribution in [-0.4, -0.2) is 34.5 Å². The van der Waals surface area contributed by atoms with Crippen molar-refractivity contribution in [2.24, 2.45) is 0 Å². The molecule has 0 radical (unpaired) electrons. The molecule has 0 saturated carbocycles. The van der Waals surface area contributed by atoms with Crippen LogP contribution in [-0.2, 0) is 6.54 Å². The summed E-state index contributed by atoms with van der Waals surface area (Å²) in [6.45, 7) is 2.88. The van der Waals surface area contributed by atoms with Gasteiger partial charge in [-0.05, 0) is 30.2 Å². The Morgan fingerprint density at radius 2 is 2.05 bits per heavy atom. The second-order valence-electron chi connectivity index (χ2n) is 4.12. The van der Waals surface area contributed by atoms with Gasteiger partial charge in [-0.3, -0.25) is 4.68 Å². The molecular formula is C12H12ClN7. The normalized spacial score (nSPS) is 10.9. The van der Waals surface area contributed by atoms with Gasteiger partial charge in [0.1, 0.15) is 5.69 Å². The third-order valence-corrected chi connectivity index (χ3v) is 2.86. The summed E-state index contributed by atoms with van der Waals surface area (Å²) in [6.07, 6.45) is 6.09. The van der Waals surface area contributed by atoms with Gasteiger partial charge in [-0.1, -0.05) is 6.92 Å². The van der Waals surface area contributed by atoms with Crippen LogP contribution in [0.25, 0.3) is 17.5 Å². The van der Waals surface area contributed by atoms with Crippen molar-refractivity contribution in [3.63, 3.8) is 0 Å². The first-order valence-corrected chi connectivity index (χ1v) is 6.59. The van der Waals surface area contributed by atoms with Crippen molar-refractivity contribution in [1.29, 1.82) is 0 Å². The summed E-state index contributed by atoms with van der Waals surface area (Å²) in [7, 11) is 0. The third kappa shape index (κ3) is 2.39. The highest BCUT2D eigenvalue weighted by atomic mass is 35.5. The first-order valence-electron chi connectivity index (χ1n) is 6.21. The lowest BCUT2D eigenvalue weighted by molar-refractivity contribution is 0.606. The molecule has 20 heavy (non-hydrogen) atoms. The van der Waals surface area contributed by atoms with Crippen LogP contribution >= 0.6 is 11.6 Å². The predicted octanol–water partition coefficient (Wildman–Crippen LogP) is 1.98. The summed E-state index contributed by atoms with van der Waals surface area (Å²) in [5, 5.41) is 8.48. The Labute approximate surface area is 120 Å². The maximum absolute atomic E-state index is 5.98. The number of rotatable bonds is 4. The van der Waals surface area contributed by atoms with E-state index < -0.39 is 0 Å². The zero-order valence-corrected chi connectivity index (χ0v) is 11.6. The third-order valence-electron chi connectivity index (χ3n) is 2.69. The number of aromatic nitrogens is 7. The van der Waals surface area contributed by atoms with Gasteiger partial charge in [0.25, 0.3) is 5.95 Å². The Morgan fingerprint density at radius 1 is 1.15 bits per heavy atom. The zero-order valence-electron chi connectivity index (χ0n) is 10.8. The quantitative estimate of drug-likeness (QED) is 0.734. The molecule has 0 aliphatic rings. The minimum absolute atomic E-state index is 0.129. The molecule has 3 aromatic heterocycles. The predicted molar refractivity (Wildman–Crippen MR) is 73.5 cm³/mol. The maximum Gasteiger partial charge on any atom is 0.255 e. The SMILES string of the molecule is CCCn1nccc1-c1nc(Cl)nc(-n2cccn2)n1. The Morgan fingerprint density at radius 3 is 2.80 bits per heavy atom. The van der Waals surface area contributed by atoms with E-state index >= 15 is 0 Å². The summed E-state index contributed by atoms with van der Waals surface area (Å²) in [4.78, 5) is 12.6. The maximum atomic E-state index is 5.98. The topological polar surface area (TPSA) is 74.3 Å². The molecule has 7 nitrogen and oxygen atoms in total. The first-order chi connectivity index (χ1) is 9.78. The fourth-order valence-corrected chi connectivity index (χ4v) is 2.01. The van der Waals surface area contributed by atoms with Gasteiger partial charge in [0, 0.05) is 25.1 Å². The number of hydrogen-bond donors (Lipinski definition) is 0. The lowest BCUT2D eigenvalue weighted by atomic mass is 10.4. The van der Waals surface area contributed by atoms with Crippen LogP contribution in [0.4, 0.5) is 0 Å². The van der Waals surface area contributed by atoms with Crippen molar-refractivity contribution in [3.05, 3.63) is 36.0 Å². The van der Waals surface area contributed by atoms with Crippen LogP contribution in [0.5, 0.6) is 0 Å². The Bertz CT molecular complexity index is 704. The zero-order chi connectivity index (χ0) is 13.9. The number of hydrogen-bond acceptors (Lipinski definition) is 5. The van der Waals surface area contributed by atoms with E-state index in [1.807, 2.05) is 10.7 Å². The lowest BCUT2D eigenvalue weighted by Gasteiger charge is -2.06. The van der Waals surface area contributed by atoms with E-state index in [9.17, 15) is 0 Å². The monoisotopic (exact) mass is 289 g/mol. The largest absolute Gasteiger partial charge is 0.262 e. The molecule has 0 bridgehead atoms. The molecule has 0 saturated heterocycles. The van der Waals surface area contributed by atoms with Crippen LogP contribution in [0, 0.1) is 0 Å². The molecule has 0 aliphatic carbocycles.